The Balaban J connectivity index is 4.22. The number of allylic oxidation sites excluding steroid dienone is 24. The van der Waals surface area contributed by atoms with Gasteiger partial charge in [0.2, 0.25) is 0 Å². The van der Waals surface area contributed by atoms with Crippen LogP contribution in [0.1, 0.15) is 297 Å². The fourth-order valence-corrected chi connectivity index (χ4v) is 9.06. The van der Waals surface area contributed by atoms with Crippen LogP contribution in [0.25, 0.3) is 0 Å². The molecule has 0 saturated heterocycles. The molecule has 0 saturated carbocycles. The maximum Gasteiger partial charge on any atom is 0.306 e. The number of esters is 3. The molecule has 0 amide bonds. The summed E-state index contributed by atoms with van der Waals surface area (Å²) >= 11 is 0. The maximum atomic E-state index is 12.9. The van der Waals surface area contributed by atoms with E-state index in [1.165, 1.54) is 109 Å². The topological polar surface area (TPSA) is 78.9 Å². The van der Waals surface area contributed by atoms with E-state index in [4.69, 9.17) is 14.2 Å². The van der Waals surface area contributed by atoms with E-state index in [1.807, 2.05) is 0 Å². The van der Waals surface area contributed by atoms with Gasteiger partial charge >= 0.3 is 17.9 Å². The highest BCUT2D eigenvalue weighted by molar-refractivity contribution is 5.71. The second-order valence-electron chi connectivity index (χ2n) is 22.0. The summed E-state index contributed by atoms with van der Waals surface area (Å²) in [6.07, 6.45) is 98.9. The second-order valence-corrected chi connectivity index (χ2v) is 22.0. The first kappa shape index (κ1) is 77.3. The molecular formula is C76H124O6. The van der Waals surface area contributed by atoms with E-state index in [2.05, 4.69) is 167 Å². The molecule has 0 spiro atoms. The quantitative estimate of drug-likeness (QED) is 0.0261. The van der Waals surface area contributed by atoms with Crippen molar-refractivity contribution in [2.45, 2.75) is 303 Å². The fourth-order valence-electron chi connectivity index (χ4n) is 9.06. The van der Waals surface area contributed by atoms with Crippen LogP contribution in [0.2, 0.25) is 0 Å². The normalized spacial score (nSPS) is 13.1. The van der Waals surface area contributed by atoms with Gasteiger partial charge in [-0.15, -0.1) is 0 Å². The summed E-state index contributed by atoms with van der Waals surface area (Å²) < 4.78 is 16.9. The van der Waals surface area contributed by atoms with Crippen LogP contribution in [-0.4, -0.2) is 37.2 Å². The molecule has 6 heteroatoms. The molecule has 0 aromatic rings. The van der Waals surface area contributed by atoms with Crippen molar-refractivity contribution in [3.8, 4) is 0 Å². The van der Waals surface area contributed by atoms with Gasteiger partial charge in [0.05, 0.1) is 0 Å². The minimum absolute atomic E-state index is 0.101. The first-order chi connectivity index (χ1) is 40.5. The van der Waals surface area contributed by atoms with Crippen molar-refractivity contribution in [2.75, 3.05) is 13.2 Å². The maximum absolute atomic E-state index is 12.9. The average molecular weight is 1130 g/mol. The van der Waals surface area contributed by atoms with Crippen molar-refractivity contribution in [3.63, 3.8) is 0 Å². The van der Waals surface area contributed by atoms with E-state index < -0.39 is 6.10 Å². The Kier molecular flexibility index (Phi) is 64.8. The summed E-state index contributed by atoms with van der Waals surface area (Å²) in [5.74, 6) is -0.953. The SMILES string of the molecule is CC/C=C\C/C=C\C/C=C\C/C=C\C/C=C\C/C=C\CCCCC(=O)OC(COC(=O)CCCCCCC/C=C\CCC)COC(=O)CCCCCCCCCCCCCCCCCCC/C=C\C/C=C\C/C=C\C/C=C\C/C=C\CC. The van der Waals surface area contributed by atoms with Crippen molar-refractivity contribution >= 4 is 17.9 Å². The lowest BCUT2D eigenvalue weighted by Gasteiger charge is -2.18. The summed E-state index contributed by atoms with van der Waals surface area (Å²) in [6.45, 7) is 6.32. The van der Waals surface area contributed by atoms with Gasteiger partial charge in [-0.25, -0.2) is 0 Å². The van der Waals surface area contributed by atoms with E-state index in [-0.39, 0.29) is 37.5 Å². The number of hydrogen-bond acceptors (Lipinski definition) is 6. The molecule has 6 nitrogen and oxygen atoms in total. The molecule has 0 N–H and O–H groups in total. The molecule has 0 radical (unpaired) electrons. The van der Waals surface area contributed by atoms with Crippen LogP contribution < -0.4 is 0 Å². The molecule has 0 aliphatic heterocycles. The van der Waals surface area contributed by atoms with Crippen LogP contribution in [-0.2, 0) is 28.6 Å². The van der Waals surface area contributed by atoms with Crippen LogP contribution in [0.15, 0.2) is 146 Å². The van der Waals surface area contributed by atoms with E-state index >= 15 is 0 Å². The molecule has 0 aliphatic carbocycles. The number of ether oxygens (including phenoxy) is 3. The van der Waals surface area contributed by atoms with Crippen LogP contribution in [0.4, 0.5) is 0 Å². The first-order valence-electron chi connectivity index (χ1n) is 33.8. The third-order valence-electron chi connectivity index (χ3n) is 14.0. The minimum Gasteiger partial charge on any atom is -0.462 e. The molecule has 0 fully saturated rings. The number of carbonyl (C=O) groups is 3. The first-order valence-corrected chi connectivity index (χ1v) is 33.8. The Bertz CT molecular complexity index is 1780. The summed E-state index contributed by atoms with van der Waals surface area (Å²) in [4.78, 5) is 38.3. The zero-order chi connectivity index (χ0) is 59.2. The Hall–Kier alpha value is -4.71. The van der Waals surface area contributed by atoms with Crippen molar-refractivity contribution in [1.29, 1.82) is 0 Å². The van der Waals surface area contributed by atoms with Crippen molar-refractivity contribution in [2.24, 2.45) is 0 Å². The molecule has 464 valence electrons. The summed E-state index contributed by atoms with van der Waals surface area (Å²) in [6, 6.07) is 0. The van der Waals surface area contributed by atoms with Crippen molar-refractivity contribution in [3.05, 3.63) is 146 Å². The van der Waals surface area contributed by atoms with Gasteiger partial charge in [-0.1, -0.05) is 289 Å². The van der Waals surface area contributed by atoms with Crippen LogP contribution >= 0.6 is 0 Å². The predicted molar refractivity (Wildman–Crippen MR) is 357 cm³/mol. The molecule has 0 aliphatic rings. The van der Waals surface area contributed by atoms with Gasteiger partial charge in [-0.2, -0.15) is 0 Å². The predicted octanol–water partition coefficient (Wildman–Crippen LogP) is 23.5. The molecule has 82 heavy (non-hydrogen) atoms. The number of unbranched alkanes of at least 4 members (excludes halogenated alkanes) is 25. The Labute approximate surface area is 506 Å². The number of hydrogen-bond donors (Lipinski definition) is 0. The molecule has 1 atom stereocenters. The van der Waals surface area contributed by atoms with Crippen molar-refractivity contribution < 1.29 is 28.6 Å². The zero-order valence-corrected chi connectivity index (χ0v) is 53.2. The third kappa shape index (κ3) is 66.1. The Morgan fingerprint density at radius 2 is 0.476 bits per heavy atom. The van der Waals surface area contributed by atoms with Crippen LogP contribution in [0.3, 0.4) is 0 Å². The average Bonchev–Trinajstić information content (AvgIpc) is 3.47. The van der Waals surface area contributed by atoms with E-state index in [0.717, 1.165) is 141 Å². The summed E-state index contributed by atoms with van der Waals surface area (Å²) in [5.41, 5.74) is 0. The lowest BCUT2D eigenvalue weighted by atomic mass is 10.0. The van der Waals surface area contributed by atoms with Gasteiger partial charge in [0.1, 0.15) is 13.2 Å². The summed E-state index contributed by atoms with van der Waals surface area (Å²) in [7, 11) is 0. The zero-order valence-electron chi connectivity index (χ0n) is 53.2. The highest BCUT2D eigenvalue weighted by atomic mass is 16.6. The molecule has 1 unspecified atom stereocenters. The summed E-state index contributed by atoms with van der Waals surface area (Å²) in [5, 5.41) is 0. The highest BCUT2D eigenvalue weighted by Gasteiger charge is 2.19. The van der Waals surface area contributed by atoms with Crippen LogP contribution in [0, 0.1) is 0 Å². The van der Waals surface area contributed by atoms with Crippen molar-refractivity contribution in [1.82, 2.24) is 0 Å². The third-order valence-corrected chi connectivity index (χ3v) is 14.0. The van der Waals surface area contributed by atoms with Gasteiger partial charge in [0.15, 0.2) is 6.10 Å². The number of rotatable bonds is 60. The molecule has 0 bridgehead atoms. The lowest BCUT2D eigenvalue weighted by Crippen LogP contribution is -2.30. The van der Waals surface area contributed by atoms with Gasteiger partial charge < -0.3 is 14.2 Å². The van der Waals surface area contributed by atoms with Gasteiger partial charge in [0.25, 0.3) is 0 Å². The van der Waals surface area contributed by atoms with E-state index in [9.17, 15) is 14.4 Å². The molecule has 0 rings (SSSR count). The van der Waals surface area contributed by atoms with Crippen LogP contribution in [0.5, 0.6) is 0 Å². The second kappa shape index (κ2) is 68.8. The van der Waals surface area contributed by atoms with Gasteiger partial charge in [0, 0.05) is 19.3 Å². The largest absolute Gasteiger partial charge is 0.462 e. The molecule has 0 aromatic heterocycles. The lowest BCUT2D eigenvalue weighted by molar-refractivity contribution is -0.167. The smallest absolute Gasteiger partial charge is 0.306 e. The highest BCUT2D eigenvalue weighted by Crippen LogP contribution is 2.16. The standard InChI is InChI=1S/C76H124O6/c1-4-7-10-13-16-19-22-24-26-28-30-32-33-34-35-36-37-38-39-40-41-42-43-45-46-48-50-52-54-57-60-63-66-69-75(78)81-72-73(71-80-74(77)68-65-62-59-56-21-18-15-12-9-6-3)82-76(79)70-67-64-61-58-55-53-51-49-47-44-31-29-27-25-23-20-17-14-11-8-5-2/h7-8,10-12,15-17,19-20,24-27,30-32,34-35,44,49,51,55,58,73H,4-6,9,13-14,18,21-23,28-29,33,36-43,45-48,50,52-54,56-57,59-72H2,1-3H3/b10-7-,11-8-,15-12-,19-16-,20-17-,26-24-,27-25-,32-30-,35-34-,44-31-,51-49-,58-55-. The van der Waals surface area contributed by atoms with Gasteiger partial charge in [-0.3, -0.25) is 14.4 Å². The Morgan fingerprint density at radius 3 is 0.780 bits per heavy atom. The molecule has 0 heterocycles. The minimum atomic E-state index is -0.809. The van der Waals surface area contributed by atoms with E-state index in [1.54, 1.807) is 0 Å². The number of carbonyl (C=O) groups excluding carboxylic acids is 3. The van der Waals surface area contributed by atoms with E-state index in [0.29, 0.717) is 19.3 Å². The Morgan fingerprint density at radius 1 is 0.256 bits per heavy atom. The monoisotopic (exact) mass is 1130 g/mol. The molecular weight excluding hydrogens is 1010 g/mol. The fraction of sp³-hybridized carbons (Fsp3) is 0.645. The van der Waals surface area contributed by atoms with Gasteiger partial charge in [-0.05, 0) is 135 Å². The molecule has 0 aromatic carbocycles.